The highest BCUT2D eigenvalue weighted by Gasteiger charge is 2.09. The van der Waals surface area contributed by atoms with E-state index in [4.69, 9.17) is 11.6 Å². The normalized spacial score (nSPS) is 10.2. The number of nitrogens with zero attached hydrogens (tertiary/aromatic N) is 2. The van der Waals surface area contributed by atoms with Crippen molar-refractivity contribution in [1.82, 2.24) is 15.3 Å². The molecule has 0 unspecified atom stereocenters. The molecule has 0 aliphatic rings. The van der Waals surface area contributed by atoms with Gasteiger partial charge in [0, 0.05) is 24.5 Å². The number of carbonyl (C=O) groups is 1. The molecule has 1 aromatic heterocycles. The summed E-state index contributed by atoms with van der Waals surface area (Å²) in [5, 5.41) is 5.96. The summed E-state index contributed by atoms with van der Waals surface area (Å²) in [5.74, 6) is 0.493. The quantitative estimate of drug-likeness (QED) is 0.648. The van der Waals surface area contributed by atoms with E-state index in [1.165, 1.54) is 0 Å². The molecule has 102 valence electrons. The molecule has 0 radical (unpaired) electrons. The van der Waals surface area contributed by atoms with Crippen molar-refractivity contribution in [3.05, 3.63) is 40.8 Å². The highest BCUT2D eigenvalue weighted by Crippen LogP contribution is 2.20. The molecule has 0 saturated carbocycles. The average Bonchev–Trinajstić information content (AvgIpc) is 2.44. The van der Waals surface area contributed by atoms with E-state index in [0.29, 0.717) is 11.4 Å². The summed E-state index contributed by atoms with van der Waals surface area (Å²) in [6, 6.07) is 5.44. The van der Waals surface area contributed by atoms with Gasteiger partial charge in [-0.3, -0.25) is 4.79 Å². The number of amides is 1. The molecule has 0 saturated heterocycles. The summed E-state index contributed by atoms with van der Waals surface area (Å²) in [4.78, 5) is 19.7. The Morgan fingerprint density at radius 1 is 1.40 bits per heavy atom. The molecule has 1 heterocycles. The first-order chi connectivity index (χ1) is 9.51. The van der Waals surface area contributed by atoms with Gasteiger partial charge in [0.1, 0.15) is 13.7 Å². The van der Waals surface area contributed by atoms with E-state index in [1.54, 1.807) is 25.4 Å². The van der Waals surface area contributed by atoms with Crippen LogP contribution in [0.2, 0.25) is 5.28 Å². The van der Waals surface area contributed by atoms with E-state index < -0.39 is 0 Å². The zero-order valence-corrected chi connectivity index (χ0v) is 12.2. The monoisotopic (exact) mass is 288 g/mol. The molecule has 2 aromatic rings. The van der Waals surface area contributed by atoms with Crippen molar-refractivity contribution in [2.45, 2.75) is 6.92 Å². The van der Waals surface area contributed by atoms with Gasteiger partial charge in [-0.15, -0.1) is 0 Å². The topological polar surface area (TPSA) is 66.9 Å². The van der Waals surface area contributed by atoms with Crippen LogP contribution in [0.3, 0.4) is 0 Å². The summed E-state index contributed by atoms with van der Waals surface area (Å²) < 4.78 is 0. The van der Waals surface area contributed by atoms with Crippen molar-refractivity contribution in [2.24, 2.45) is 0 Å². The fourth-order valence-corrected chi connectivity index (χ4v) is 1.85. The Labute approximate surface area is 123 Å². The zero-order valence-electron chi connectivity index (χ0n) is 11.5. The minimum Gasteiger partial charge on any atom is -0.355 e. The molecule has 7 heteroatoms. The number of benzene rings is 1. The van der Waals surface area contributed by atoms with Gasteiger partial charge in [-0.1, -0.05) is 6.07 Å². The van der Waals surface area contributed by atoms with E-state index in [-0.39, 0.29) is 11.2 Å². The molecule has 0 bridgehead atoms. The van der Waals surface area contributed by atoms with E-state index in [1.807, 2.05) is 20.8 Å². The van der Waals surface area contributed by atoms with Crippen LogP contribution in [-0.2, 0) is 0 Å². The van der Waals surface area contributed by atoms with Gasteiger partial charge in [-0.05, 0) is 41.7 Å². The number of rotatable bonds is 3. The fraction of sp³-hybridized carbons (Fsp3) is 0.154. The number of anilines is 2. The van der Waals surface area contributed by atoms with Crippen LogP contribution in [0.15, 0.2) is 24.4 Å². The smallest absolute Gasteiger partial charge is 0.251 e. The van der Waals surface area contributed by atoms with E-state index in [2.05, 4.69) is 20.6 Å². The summed E-state index contributed by atoms with van der Waals surface area (Å²) in [6.07, 6.45) is 1.65. The third-order valence-corrected chi connectivity index (χ3v) is 3.10. The van der Waals surface area contributed by atoms with Gasteiger partial charge < -0.3 is 10.6 Å². The van der Waals surface area contributed by atoms with Crippen LogP contribution in [0.5, 0.6) is 0 Å². The number of nitrogens with one attached hydrogen (secondary N) is 2. The molecule has 0 atom stereocenters. The van der Waals surface area contributed by atoms with Crippen LogP contribution < -0.4 is 16.1 Å². The van der Waals surface area contributed by atoms with Gasteiger partial charge in [-0.2, -0.15) is 0 Å². The third-order valence-electron chi connectivity index (χ3n) is 2.92. The summed E-state index contributed by atoms with van der Waals surface area (Å²) >= 11 is 5.80. The lowest BCUT2D eigenvalue weighted by atomic mass is 9.99. The number of aromatic nitrogens is 2. The summed E-state index contributed by atoms with van der Waals surface area (Å²) in [6.45, 7) is 1.95. The number of carbonyl (C=O) groups excluding carboxylic acids is 1. The first kappa shape index (κ1) is 14.3. The fourth-order valence-electron chi connectivity index (χ4n) is 1.72. The van der Waals surface area contributed by atoms with Crippen molar-refractivity contribution < 1.29 is 4.79 Å². The molecule has 2 N–H and O–H groups in total. The molecule has 0 aliphatic carbocycles. The van der Waals surface area contributed by atoms with E-state index >= 15 is 0 Å². The van der Waals surface area contributed by atoms with Gasteiger partial charge >= 0.3 is 0 Å². The van der Waals surface area contributed by atoms with Gasteiger partial charge in [0.05, 0.1) is 0 Å². The third kappa shape index (κ3) is 3.08. The van der Waals surface area contributed by atoms with Gasteiger partial charge in [0.25, 0.3) is 5.91 Å². The lowest BCUT2D eigenvalue weighted by molar-refractivity contribution is 0.0963. The Kier molecular flexibility index (Phi) is 4.24. The lowest BCUT2D eigenvalue weighted by Crippen LogP contribution is -2.18. The summed E-state index contributed by atoms with van der Waals surface area (Å²) in [7, 11) is 3.49. The molecule has 5 nitrogen and oxygen atoms in total. The van der Waals surface area contributed by atoms with E-state index in [0.717, 1.165) is 16.7 Å². The van der Waals surface area contributed by atoms with Crippen LogP contribution in [0.4, 0.5) is 11.5 Å². The molecule has 0 aliphatic heterocycles. The first-order valence-corrected chi connectivity index (χ1v) is 6.48. The van der Waals surface area contributed by atoms with Crippen molar-refractivity contribution in [3.63, 3.8) is 0 Å². The van der Waals surface area contributed by atoms with Crippen molar-refractivity contribution in [2.75, 3.05) is 12.4 Å². The van der Waals surface area contributed by atoms with Gasteiger partial charge in [0.15, 0.2) is 0 Å². The predicted molar refractivity (Wildman–Crippen MR) is 83.1 cm³/mol. The largest absolute Gasteiger partial charge is 0.355 e. The number of hydrogen-bond donors (Lipinski definition) is 2. The standard InChI is InChI=1S/C13H14BClN4O/c1-7-3-4-8(12(20)16-2)5-10(7)18-11-9(14)6-17-13(15)19-11/h3-6H,14H2,1-2H3,(H,16,20)(H,17,18,19). The molecule has 1 amide bonds. The minimum absolute atomic E-state index is 0.134. The highest BCUT2D eigenvalue weighted by molar-refractivity contribution is 6.36. The number of halogens is 1. The number of hydrogen-bond acceptors (Lipinski definition) is 4. The zero-order chi connectivity index (χ0) is 14.7. The summed E-state index contributed by atoms with van der Waals surface area (Å²) in [5.41, 5.74) is 3.27. The van der Waals surface area contributed by atoms with Crippen LogP contribution in [-0.4, -0.2) is 30.8 Å². The van der Waals surface area contributed by atoms with Crippen LogP contribution >= 0.6 is 11.6 Å². The van der Waals surface area contributed by atoms with E-state index in [9.17, 15) is 4.79 Å². The van der Waals surface area contributed by atoms with Crippen LogP contribution in [0, 0.1) is 6.92 Å². The molecule has 2 rings (SSSR count). The Balaban J connectivity index is 2.37. The maximum atomic E-state index is 11.7. The second kappa shape index (κ2) is 5.92. The Hall–Kier alpha value is -2.08. The Morgan fingerprint density at radius 3 is 2.85 bits per heavy atom. The molecule has 20 heavy (non-hydrogen) atoms. The lowest BCUT2D eigenvalue weighted by Gasteiger charge is -2.12. The molecule has 0 spiro atoms. The van der Waals surface area contributed by atoms with Crippen LogP contribution in [0.25, 0.3) is 0 Å². The highest BCUT2D eigenvalue weighted by atomic mass is 35.5. The Bertz CT molecular complexity index is 663. The van der Waals surface area contributed by atoms with Gasteiger partial charge in [-0.25, -0.2) is 9.97 Å². The molecule has 0 fully saturated rings. The Morgan fingerprint density at radius 2 is 2.15 bits per heavy atom. The van der Waals surface area contributed by atoms with Crippen LogP contribution in [0.1, 0.15) is 15.9 Å². The second-order valence-electron chi connectivity index (χ2n) is 4.40. The maximum Gasteiger partial charge on any atom is 0.251 e. The molecular formula is C13H14BClN4O. The van der Waals surface area contributed by atoms with Gasteiger partial charge in [0.2, 0.25) is 5.28 Å². The molecule has 1 aromatic carbocycles. The number of aryl methyl sites for hydroxylation is 1. The average molecular weight is 289 g/mol. The van der Waals surface area contributed by atoms with Crippen molar-refractivity contribution in [1.29, 1.82) is 0 Å². The minimum atomic E-state index is -0.134. The first-order valence-electron chi connectivity index (χ1n) is 6.10. The molecular weight excluding hydrogens is 274 g/mol. The predicted octanol–water partition coefficient (Wildman–Crippen LogP) is 0.800. The maximum absolute atomic E-state index is 11.7. The second-order valence-corrected chi connectivity index (χ2v) is 4.74. The van der Waals surface area contributed by atoms with Crippen molar-refractivity contribution >= 4 is 42.3 Å². The SMILES string of the molecule is Bc1cnc(Cl)nc1Nc1cc(C(=O)NC)ccc1C. The van der Waals surface area contributed by atoms with Crippen molar-refractivity contribution in [3.8, 4) is 0 Å².